The SMILES string of the molecule is C=CCCC(=O)N[C@@H](COC)[C@@H](OC(=O)[C@@H]1[C@H]2O[C@@]3(CC2Br)[C@H](C(=O)N(CC=C)C(C)(C)CC(C)(C)C)N([C@@H](CO)C(C)C)C(=O)[C@@H]13)c1ccccc1. The summed E-state index contributed by atoms with van der Waals surface area (Å²) in [6.45, 7) is 21.7. The number of benzene rings is 1. The summed E-state index contributed by atoms with van der Waals surface area (Å²) in [5.41, 5.74) is -1.50. The van der Waals surface area contributed by atoms with Crippen molar-refractivity contribution < 1.29 is 38.5 Å². The Labute approximate surface area is 324 Å². The first-order chi connectivity index (χ1) is 24.9. The van der Waals surface area contributed by atoms with Crippen LogP contribution in [0.2, 0.25) is 0 Å². The molecule has 1 aromatic carbocycles. The van der Waals surface area contributed by atoms with E-state index in [0.717, 1.165) is 0 Å². The third-order valence-electron chi connectivity index (χ3n) is 10.8. The Morgan fingerprint density at radius 3 is 2.36 bits per heavy atom. The molecule has 0 saturated carbocycles. The van der Waals surface area contributed by atoms with Crippen LogP contribution in [0.5, 0.6) is 0 Å². The first kappa shape index (κ1) is 42.7. The second-order valence-electron chi connectivity index (χ2n) is 16.9. The van der Waals surface area contributed by atoms with Gasteiger partial charge in [0, 0.05) is 30.4 Å². The molecule has 1 spiro atoms. The summed E-state index contributed by atoms with van der Waals surface area (Å²) in [4.78, 5) is 60.7. The van der Waals surface area contributed by atoms with E-state index in [4.69, 9.17) is 14.2 Å². The van der Waals surface area contributed by atoms with Crippen LogP contribution in [0.1, 0.15) is 85.8 Å². The molecule has 3 heterocycles. The Kier molecular flexibility index (Phi) is 13.8. The van der Waals surface area contributed by atoms with Gasteiger partial charge in [0.2, 0.25) is 17.7 Å². The molecule has 3 fully saturated rings. The van der Waals surface area contributed by atoms with Gasteiger partial charge in [-0.15, -0.1) is 13.2 Å². The van der Waals surface area contributed by atoms with E-state index in [1.807, 2.05) is 58.0 Å². The molecule has 3 saturated heterocycles. The Hall–Kier alpha value is -3.06. The lowest BCUT2D eigenvalue weighted by molar-refractivity contribution is -0.164. The molecule has 0 radical (unpaired) electrons. The van der Waals surface area contributed by atoms with Crippen molar-refractivity contribution in [1.29, 1.82) is 0 Å². The van der Waals surface area contributed by atoms with Gasteiger partial charge >= 0.3 is 5.97 Å². The quantitative estimate of drug-likeness (QED) is 0.115. The second kappa shape index (κ2) is 17.2. The zero-order valence-corrected chi connectivity index (χ0v) is 34.3. The molecular weight excluding hydrogens is 742 g/mol. The molecule has 3 aliphatic heterocycles. The summed E-state index contributed by atoms with van der Waals surface area (Å²) in [5, 5.41) is 13.7. The Bertz CT molecular complexity index is 1500. The van der Waals surface area contributed by atoms with Gasteiger partial charge in [0.05, 0.1) is 43.2 Å². The lowest BCUT2D eigenvalue weighted by Gasteiger charge is -2.47. The van der Waals surface area contributed by atoms with E-state index in [2.05, 4.69) is 55.2 Å². The number of halogens is 1. The largest absolute Gasteiger partial charge is 0.455 e. The van der Waals surface area contributed by atoms with E-state index in [1.165, 1.54) is 12.0 Å². The van der Waals surface area contributed by atoms with E-state index in [0.29, 0.717) is 24.8 Å². The smallest absolute Gasteiger partial charge is 0.313 e. The number of carbonyl (C=O) groups is 4. The number of nitrogens with one attached hydrogen (secondary N) is 1. The standard InChI is InChI=1S/C41H60BrN3O8/c1-11-13-19-30(47)43-28(23-51-10)33(26-17-15-14-16-18-26)52-38(50)31-32-36(48)45(29(22-46)25(3)4)35(41(32)21-27(42)34(31)53-41)37(49)44(20-12-2)40(8,9)24-39(5,6)7/h11-12,14-18,25,27-29,31-35,46H,1-2,13,19-24H2,3-10H3,(H,43,47)/t27?,28-,29-,31-,32+,33-,34-,35-,41+/m0/s1. The molecule has 4 rings (SSSR count). The predicted octanol–water partition coefficient (Wildman–Crippen LogP) is 5.36. The highest BCUT2D eigenvalue weighted by molar-refractivity contribution is 9.09. The summed E-state index contributed by atoms with van der Waals surface area (Å²) in [6.07, 6.45) is 3.24. The summed E-state index contributed by atoms with van der Waals surface area (Å²) >= 11 is 3.77. The Morgan fingerprint density at radius 1 is 1.15 bits per heavy atom. The van der Waals surface area contributed by atoms with Crippen molar-refractivity contribution in [3.63, 3.8) is 0 Å². The number of rotatable bonds is 18. The molecule has 12 heteroatoms. The van der Waals surface area contributed by atoms with E-state index in [9.17, 15) is 19.5 Å². The maximum Gasteiger partial charge on any atom is 0.313 e. The highest BCUT2D eigenvalue weighted by Gasteiger charge is 2.78. The average molecular weight is 803 g/mol. The number of hydrogen-bond acceptors (Lipinski definition) is 8. The van der Waals surface area contributed by atoms with Crippen LogP contribution in [-0.2, 0) is 33.4 Å². The van der Waals surface area contributed by atoms with Crippen molar-refractivity contribution in [3.8, 4) is 0 Å². The number of aliphatic hydroxyl groups is 1. The Morgan fingerprint density at radius 2 is 1.81 bits per heavy atom. The van der Waals surface area contributed by atoms with E-state index in [-0.39, 0.29) is 54.2 Å². The monoisotopic (exact) mass is 801 g/mol. The van der Waals surface area contributed by atoms with E-state index >= 15 is 4.79 Å². The van der Waals surface area contributed by atoms with Crippen molar-refractivity contribution in [2.45, 2.75) is 120 Å². The van der Waals surface area contributed by atoms with Gasteiger partial charge in [-0.05, 0) is 50.0 Å². The highest BCUT2D eigenvalue weighted by atomic mass is 79.9. The molecule has 9 atom stereocenters. The number of methoxy groups -OCH3 is 1. The second-order valence-corrected chi connectivity index (χ2v) is 18.1. The van der Waals surface area contributed by atoms with Gasteiger partial charge in [-0.25, -0.2) is 0 Å². The molecular formula is C41H60BrN3O8. The van der Waals surface area contributed by atoms with Crippen molar-refractivity contribution in [2.24, 2.45) is 23.2 Å². The number of allylic oxidation sites excluding steroid dienone is 1. The molecule has 53 heavy (non-hydrogen) atoms. The van der Waals surface area contributed by atoms with Crippen LogP contribution in [-0.4, -0.2) is 106 Å². The predicted molar refractivity (Wildman–Crippen MR) is 207 cm³/mol. The number of hydrogen-bond donors (Lipinski definition) is 2. The molecule has 1 unspecified atom stereocenters. The summed E-state index contributed by atoms with van der Waals surface area (Å²) in [5.74, 6) is -4.00. The number of amides is 3. The van der Waals surface area contributed by atoms with Crippen LogP contribution < -0.4 is 5.32 Å². The highest BCUT2D eigenvalue weighted by Crippen LogP contribution is 2.61. The van der Waals surface area contributed by atoms with Crippen molar-refractivity contribution >= 4 is 39.6 Å². The number of fused-ring (bicyclic) bond motifs is 1. The van der Waals surface area contributed by atoms with Crippen LogP contribution in [0, 0.1) is 23.2 Å². The van der Waals surface area contributed by atoms with Gasteiger partial charge in [0.1, 0.15) is 17.7 Å². The molecule has 11 nitrogen and oxygen atoms in total. The number of aliphatic hydroxyl groups excluding tert-OH is 1. The van der Waals surface area contributed by atoms with Crippen LogP contribution in [0.15, 0.2) is 55.6 Å². The number of ether oxygens (including phenoxy) is 3. The fourth-order valence-electron chi connectivity index (χ4n) is 9.02. The minimum Gasteiger partial charge on any atom is -0.455 e. The molecule has 3 aliphatic rings. The summed E-state index contributed by atoms with van der Waals surface area (Å²) in [7, 11) is 1.50. The molecule has 2 N–H and O–H groups in total. The third kappa shape index (κ3) is 8.76. The average Bonchev–Trinajstić information content (AvgIpc) is 3.67. The van der Waals surface area contributed by atoms with Gasteiger partial charge < -0.3 is 34.4 Å². The van der Waals surface area contributed by atoms with Gasteiger partial charge in [-0.2, -0.15) is 0 Å². The number of likely N-dealkylation sites (tertiary alicyclic amines) is 1. The van der Waals surface area contributed by atoms with Crippen molar-refractivity contribution in [3.05, 3.63) is 61.2 Å². The molecule has 294 valence electrons. The van der Waals surface area contributed by atoms with E-state index in [1.54, 1.807) is 17.1 Å². The zero-order valence-electron chi connectivity index (χ0n) is 32.7. The fraction of sp³-hybridized carbons (Fsp3) is 0.659. The molecule has 1 aromatic rings. The maximum absolute atomic E-state index is 15.2. The van der Waals surface area contributed by atoms with Crippen molar-refractivity contribution in [1.82, 2.24) is 15.1 Å². The van der Waals surface area contributed by atoms with Crippen LogP contribution >= 0.6 is 15.9 Å². The number of esters is 1. The number of carbonyl (C=O) groups excluding carboxylic acids is 4. The van der Waals surface area contributed by atoms with Gasteiger partial charge in [-0.3, -0.25) is 19.2 Å². The Balaban J connectivity index is 1.81. The van der Waals surface area contributed by atoms with Crippen molar-refractivity contribution in [2.75, 3.05) is 26.9 Å². The minimum absolute atomic E-state index is 0.0467. The molecule has 3 amide bonds. The molecule has 2 bridgehead atoms. The van der Waals surface area contributed by atoms with Gasteiger partial charge in [-0.1, -0.05) is 93.0 Å². The number of nitrogens with zero attached hydrogens (tertiary/aromatic N) is 2. The topological polar surface area (TPSA) is 135 Å². The minimum atomic E-state index is -1.37. The van der Waals surface area contributed by atoms with E-state index < -0.39 is 65.2 Å². The summed E-state index contributed by atoms with van der Waals surface area (Å²) < 4.78 is 18.7. The van der Waals surface area contributed by atoms with Crippen LogP contribution in [0.25, 0.3) is 0 Å². The third-order valence-corrected chi connectivity index (χ3v) is 11.7. The lowest BCUT2D eigenvalue weighted by atomic mass is 9.70. The number of alkyl halides is 1. The molecule has 0 aliphatic carbocycles. The summed E-state index contributed by atoms with van der Waals surface area (Å²) in [6, 6.07) is 6.51. The van der Waals surface area contributed by atoms with Gasteiger partial charge in [0.15, 0.2) is 0 Å². The first-order valence-corrected chi connectivity index (χ1v) is 19.6. The normalized spacial score (nSPS) is 26.9. The first-order valence-electron chi connectivity index (χ1n) is 18.7. The maximum atomic E-state index is 15.2. The van der Waals surface area contributed by atoms with Gasteiger partial charge in [0.25, 0.3) is 0 Å². The van der Waals surface area contributed by atoms with Crippen LogP contribution in [0.4, 0.5) is 0 Å². The fourth-order valence-corrected chi connectivity index (χ4v) is 9.97. The molecule has 0 aromatic heterocycles. The van der Waals surface area contributed by atoms with Crippen LogP contribution in [0.3, 0.4) is 0 Å². The lowest BCUT2D eigenvalue weighted by Crippen LogP contribution is -2.63. The zero-order chi connectivity index (χ0) is 39.5.